The van der Waals surface area contributed by atoms with Crippen molar-refractivity contribution in [2.75, 3.05) is 16.8 Å². The highest BCUT2D eigenvalue weighted by atomic mass is 32.2. The Hall–Kier alpha value is 0.0600. The number of rotatable bonds is 4. The molecule has 1 N–H and O–H groups in total. The van der Waals surface area contributed by atoms with Gasteiger partial charge in [0, 0.05) is 34.3 Å². The normalized spacial score (nSPS) is 29.2. The molecular formula is C11H17N3S3. The van der Waals surface area contributed by atoms with Crippen LogP contribution in [0.15, 0.2) is 0 Å². The van der Waals surface area contributed by atoms with Crippen LogP contribution >= 0.6 is 35.1 Å². The molecule has 94 valence electrons. The van der Waals surface area contributed by atoms with Gasteiger partial charge in [-0.3, -0.25) is 0 Å². The zero-order valence-electron chi connectivity index (χ0n) is 9.89. The molecule has 0 radical (unpaired) electrons. The smallest absolute Gasteiger partial charge is 0.202 e. The van der Waals surface area contributed by atoms with Gasteiger partial charge in [-0.05, 0) is 19.3 Å². The van der Waals surface area contributed by atoms with E-state index >= 15 is 0 Å². The van der Waals surface area contributed by atoms with Gasteiger partial charge in [0.25, 0.3) is 0 Å². The van der Waals surface area contributed by atoms with Gasteiger partial charge in [0.15, 0.2) is 5.82 Å². The summed E-state index contributed by atoms with van der Waals surface area (Å²) in [7, 11) is 0. The highest BCUT2D eigenvalue weighted by Crippen LogP contribution is 2.43. The first-order valence-corrected chi connectivity index (χ1v) is 9.07. The Morgan fingerprint density at radius 2 is 2.12 bits per heavy atom. The minimum Gasteiger partial charge on any atom is -0.358 e. The highest BCUT2D eigenvalue weighted by molar-refractivity contribution is 8.06. The van der Waals surface area contributed by atoms with E-state index in [0.717, 1.165) is 11.0 Å². The van der Waals surface area contributed by atoms with Gasteiger partial charge in [0.05, 0.1) is 5.25 Å². The van der Waals surface area contributed by atoms with E-state index in [1.54, 1.807) is 0 Å². The van der Waals surface area contributed by atoms with E-state index in [4.69, 9.17) is 0 Å². The predicted octanol–water partition coefficient (Wildman–Crippen LogP) is 3.41. The van der Waals surface area contributed by atoms with Crippen molar-refractivity contribution in [2.24, 2.45) is 0 Å². The molecule has 1 aromatic rings. The summed E-state index contributed by atoms with van der Waals surface area (Å²) >= 11 is 5.64. The second kappa shape index (κ2) is 5.36. The van der Waals surface area contributed by atoms with Crippen LogP contribution in [0.1, 0.15) is 37.3 Å². The van der Waals surface area contributed by atoms with Crippen molar-refractivity contribution in [3.05, 3.63) is 5.82 Å². The number of hydrogen-bond acceptors (Lipinski definition) is 6. The van der Waals surface area contributed by atoms with E-state index in [1.165, 1.54) is 42.3 Å². The number of aromatic nitrogens is 2. The Labute approximate surface area is 115 Å². The van der Waals surface area contributed by atoms with Gasteiger partial charge in [0.2, 0.25) is 5.13 Å². The fourth-order valence-electron chi connectivity index (χ4n) is 1.95. The molecule has 1 aromatic heterocycles. The van der Waals surface area contributed by atoms with Crippen LogP contribution in [0.25, 0.3) is 0 Å². The second-order valence-corrected chi connectivity index (χ2v) is 7.83. The number of thioether (sulfide) groups is 2. The quantitative estimate of drug-likeness (QED) is 0.918. The van der Waals surface area contributed by atoms with Crippen LogP contribution in [0.5, 0.6) is 0 Å². The first kappa shape index (κ1) is 12.1. The molecule has 1 saturated heterocycles. The summed E-state index contributed by atoms with van der Waals surface area (Å²) in [6.07, 6.45) is 3.80. The van der Waals surface area contributed by atoms with Crippen LogP contribution in [0.2, 0.25) is 0 Å². The maximum atomic E-state index is 4.67. The third-order valence-corrected chi connectivity index (χ3v) is 6.96. The topological polar surface area (TPSA) is 37.8 Å². The zero-order valence-corrected chi connectivity index (χ0v) is 12.3. The van der Waals surface area contributed by atoms with E-state index in [9.17, 15) is 0 Å². The van der Waals surface area contributed by atoms with E-state index in [2.05, 4.69) is 33.4 Å². The second-order valence-electron chi connectivity index (χ2n) is 4.49. The van der Waals surface area contributed by atoms with Crippen molar-refractivity contribution in [3.8, 4) is 0 Å². The first-order chi connectivity index (χ1) is 8.36. The summed E-state index contributed by atoms with van der Waals surface area (Å²) in [4.78, 5) is 4.67. The van der Waals surface area contributed by atoms with Crippen LogP contribution < -0.4 is 5.32 Å². The van der Waals surface area contributed by atoms with Crippen LogP contribution in [0.4, 0.5) is 5.13 Å². The van der Waals surface area contributed by atoms with E-state index in [0.29, 0.717) is 16.5 Å². The lowest BCUT2D eigenvalue weighted by Crippen LogP contribution is -2.19. The van der Waals surface area contributed by atoms with Crippen molar-refractivity contribution >= 4 is 40.2 Å². The molecule has 6 heteroatoms. The molecule has 0 aromatic carbocycles. The van der Waals surface area contributed by atoms with Crippen LogP contribution in [-0.2, 0) is 0 Å². The van der Waals surface area contributed by atoms with Gasteiger partial charge < -0.3 is 5.32 Å². The van der Waals surface area contributed by atoms with Gasteiger partial charge in [-0.25, -0.2) is 4.98 Å². The number of hydrogen-bond donors (Lipinski definition) is 1. The van der Waals surface area contributed by atoms with Gasteiger partial charge >= 0.3 is 0 Å². The molecule has 17 heavy (non-hydrogen) atoms. The summed E-state index contributed by atoms with van der Waals surface area (Å²) in [5.41, 5.74) is 0. The summed E-state index contributed by atoms with van der Waals surface area (Å²) in [6, 6.07) is 0.672. The van der Waals surface area contributed by atoms with Crippen molar-refractivity contribution < 1.29 is 0 Å². The predicted molar refractivity (Wildman–Crippen MR) is 78.3 cm³/mol. The molecule has 1 aliphatic carbocycles. The first-order valence-electron chi connectivity index (χ1n) is 6.20. The Morgan fingerprint density at radius 3 is 2.88 bits per heavy atom. The molecule has 2 aliphatic rings. The molecule has 2 unspecified atom stereocenters. The molecule has 2 atom stereocenters. The molecule has 0 amide bonds. The minimum absolute atomic E-state index is 0.504. The molecule has 1 aliphatic heterocycles. The van der Waals surface area contributed by atoms with Gasteiger partial charge in [-0.2, -0.15) is 16.1 Å². The van der Waals surface area contributed by atoms with E-state index < -0.39 is 0 Å². The maximum absolute atomic E-state index is 4.67. The maximum Gasteiger partial charge on any atom is 0.202 e. The van der Waals surface area contributed by atoms with Crippen molar-refractivity contribution in [1.82, 2.24) is 9.36 Å². The average Bonchev–Trinajstić information content (AvgIpc) is 3.05. The fraction of sp³-hybridized carbons (Fsp3) is 0.818. The molecule has 0 bridgehead atoms. The zero-order chi connectivity index (χ0) is 11.7. The van der Waals surface area contributed by atoms with Crippen molar-refractivity contribution in [1.29, 1.82) is 0 Å². The van der Waals surface area contributed by atoms with Crippen LogP contribution in [0.3, 0.4) is 0 Å². The largest absolute Gasteiger partial charge is 0.358 e. The Bertz CT molecular complexity index is 378. The summed E-state index contributed by atoms with van der Waals surface area (Å²) in [5.74, 6) is 3.56. The molecule has 0 spiro atoms. The van der Waals surface area contributed by atoms with Gasteiger partial charge in [0.1, 0.15) is 0 Å². The minimum atomic E-state index is 0.504. The van der Waals surface area contributed by atoms with Crippen molar-refractivity contribution in [2.45, 2.75) is 42.7 Å². The Kier molecular flexibility index (Phi) is 3.82. The SMILES string of the molecule is CCC1SCCSC1c1nsc(NC2CC2)n1. The molecule has 3 nitrogen and oxygen atoms in total. The number of nitrogens with one attached hydrogen (secondary N) is 1. The highest BCUT2D eigenvalue weighted by Gasteiger charge is 2.30. The molecule has 1 saturated carbocycles. The Balaban J connectivity index is 1.70. The molecule has 2 heterocycles. The van der Waals surface area contributed by atoms with Crippen LogP contribution in [-0.4, -0.2) is 32.2 Å². The average molecular weight is 287 g/mol. The number of anilines is 1. The van der Waals surface area contributed by atoms with E-state index in [1.807, 2.05) is 11.8 Å². The third-order valence-electron chi connectivity index (χ3n) is 3.05. The lowest BCUT2D eigenvalue weighted by molar-refractivity contribution is 0.763. The van der Waals surface area contributed by atoms with Gasteiger partial charge in [-0.15, -0.1) is 11.8 Å². The van der Waals surface area contributed by atoms with E-state index in [-0.39, 0.29) is 0 Å². The molecular weight excluding hydrogens is 270 g/mol. The van der Waals surface area contributed by atoms with Gasteiger partial charge in [-0.1, -0.05) is 6.92 Å². The molecule has 2 fully saturated rings. The lowest BCUT2D eigenvalue weighted by atomic mass is 10.2. The summed E-state index contributed by atoms with van der Waals surface area (Å²) < 4.78 is 4.55. The lowest BCUT2D eigenvalue weighted by Gasteiger charge is -2.27. The standard InChI is InChI=1S/C11H17N3S3/c1-2-8-9(16-6-5-15-8)10-13-11(17-14-10)12-7-3-4-7/h7-9H,2-6H2,1H3,(H,12,13,14). The van der Waals surface area contributed by atoms with Crippen LogP contribution in [0, 0.1) is 0 Å². The fourth-order valence-corrected chi connectivity index (χ4v) is 5.70. The third kappa shape index (κ3) is 2.90. The Morgan fingerprint density at radius 1 is 1.29 bits per heavy atom. The van der Waals surface area contributed by atoms with Crippen molar-refractivity contribution in [3.63, 3.8) is 0 Å². The monoisotopic (exact) mass is 287 g/mol. The number of nitrogens with zero attached hydrogens (tertiary/aromatic N) is 2. The summed E-state index contributed by atoms with van der Waals surface area (Å²) in [6.45, 7) is 2.27. The summed E-state index contributed by atoms with van der Waals surface area (Å²) in [5, 5.41) is 5.65. The molecule has 3 rings (SSSR count).